The molecule has 4 rings (SSSR count). The van der Waals surface area contributed by atoms with Crippen molar-refractivity contribution in [2.45, 2.75) is 6.92 Å². The third kappa shape index (κ3) is 2.79. The van der Waals surface area contributed by atoms with Gasteiger partial charge in [0.05, 0.1) is 12.1 Å². The predicted molar refractivity (Wildman–Crippen MR) is 97.1 cm³/mol. The van der Waals surface area contributed by atoms with Crippen molar-refractivity contribution in [1.82, 2.24) is 14.4 Å². The maximum absolute atomic E-state index is 12.2. The normalized spacial score (nSPS) is 11.4. The molecule has 0 bridgehead atoms. The summed E-state index contributed by atoms with van der Waals surface area (Å²) in [5.74, 6) is -0.201. The molecule has 0 amide bonds. The Morgan fingerprint density at radius 1 is 1.12 bits per heavy atom. The number of pyridine rings is 2. The van der Waals surface area contributed by atoms with E-state index in [0.29, 0.717) is 17.2 Å². The van der Waals surface area contributed by atoms with Crippen molar-refractivity contribution >= 4 is 34.0 Å². The van der Waals surface area contributed by atoms with Crippen LogP contribution in [0.25, 0.3) is 16.6 Å². The van der Waals surface area contributed by atoms with Gasteiger partial charge in [-0.3, -0.25) is 9.38 Å². The number of azo groups is 1. The number of aromatic nitrogens is 3. The van der Waals surface area contributed by atoms with E-state index in [2.05, 4.69) is 20.2 Å². The van der Waals surface area contributed by atoms with E-state index in [4.69, 9.17) is 4.74 Å². The minimum Gasteiger partial charge on any atom is -0.461 e. The number of imidazole rings is 1. The van der Waals surface area contributed by atoms with Crippen LogP contribution in [0, 0.1) is 0 Å². The highest BCUT2D eigenvalue weighted by Gasteiger charge is 2.20. The number of carbonyl (C=O) groups is 1. The van der Waals surface area contributed by atoms with Gasteiger partial charge in [-0.2, -0.15) is 0 Å². The Morgan fingerprint density at radius 2 is 2.00 bits per heavy atom. The molecule has 3 heterocycles. The van der Waals surface area contributed by atoms with Crippen LogP contribution in [-0.2, 0) is 4.74 Å². The standard InChI is InChI=1S/C19H15N5O2/c1-2-26-19(25)17-18(24-12-4-3-10-15(24)21-17)23-22-14-9-5-7-13-8-6-11-20-16(13)14/h3-12H,2H2,1H3. The van der Waals surface area contributed by atoms with E-state index in [-0.39, 0.29) is 12.3 Å². The first-order valence-corrected chi connectivity index (χ1v) is 8.17. The van der Waals surface area contributed by atoms with Gasteiger partial charge in [-0.15, -0.1) is 10.2 Å². The van der Waals surface area contributed by atoms with Gasteiger partial charge in [-0.1, -0.05) is 24.3 Å². The van der Waals surface area contributed by atoms with Gasteiger partial charge < -0.3 is 4.74 Å². The van der Waals surface area contributed by atoms with Crippen LogP contribution in [0.1, 0.15) is 17.4 Å². The fraction of sp³-hybridized carbons (Fsp3) is 0.105. The molecular weight excluding hydrogens is 330 g/mol. The summed E-state index contributed by atoms with van der Waals surface area (Å²) in [6.07, 6.45) is 3.49. The number of hydrogen-bond donors (Lipinski definition) is 0. The van der Waals surface area contributed by atoms with Gasteiger partial charge in [0, 0.05) is 17.8 Å². The molecule has 1 aromatic carbocycles. The summed E-state index contributed by atoms with van der Waals surface area (Å²) in [5.41, 5.74) is 2.09. The highest BCUT2D eigenvalue weighted by molar-refractivity contribution is 5.93. The number of rotatable bonds is 4. The molecule has 7 nitrogen and oxygen atoms in total. The zero-order valence-electron chi connectivity index (χ0n) is 14.0. The summed E-state index contributed by atoms with van der Waals surface area (Å²) in [4.78, 5) is 20.9. The first-order valence-electron chi connectivity index (χ1n) is 8.17. The van der Waals surface area contributed by atoms with Crippen molar-refractivity contribution in [1.29, 1.82) is 0 Å². The molecule has 0 atom stereocenters. The lowest BCUT2D eigenvalue weighted by molar-refractivity contribution is 0.0521. The summed E-state index contributed by atoms with van der Waals surface area (Å²) < 4.78 is 6.79. The molecule has 0 radical (unpaired) electrons. The van der Waals surface area contributed by atoms with Crippen molar-refractivity contribution in [3.63, 3.8) is 0 Å². The Kier molecular flexibility index (Phi) is 4.10. The maximum Gasteiger partial charge on any atom is 0.360 e. The molecule has 4 aromatic rings. The Labute approximate surface area is 149 Å². The molecule has 0 aliphatic rings. The lowest BCUT2D eigenvalue weighted by Gasteiger charge is -2.01. The molecule has 128 valence electrons. The quantitative estimate of drug-likeness (QED) is 0.403. The second kappa shape index (κ2) is 6.72. The summed E-state index contributed by atoms with van der Waals surface area (Å²) in [7, 11) is 0. The molecule has 0 unspecified atom stereocenters. The van der Waals surface area contributed by atoms with Crippen molar-refractivity contribution < 1.29 is 9.53 Å². The summed E-state index contributed by atoms with van der Waals surface area (Å²) >= 11 is 0. The molecule has 0 N–H and O–H groups in total. The topological polar surface area (TPSA) is 81.2 Å². The van der Waals surface area contributed by atoms with Crippen LogP contribution < -0.4 is 0 Å². The van der Waals surface area contributed by atoms with Gasteiger partial charge in [0.2, 0.25) is 0 Å². The average molecular weight is 345 g/mol. The van der Waals surface area contributed by atoms with E-state index < -0.39 is 5.97 Å². The Balaban J connectivity index is 1.84. The number of fused-ring (bicyclic) bond motifs is 2. The second-order valence-corrected chi connectivity index (χ2v) is 5.49. The van der Waals surface area contributed by atoms with Crippen LogP contribution >= 0.6 is 0 Å². The van der Waals surface area contributed by atoms with E-state index in [0.717, 1.165) is 10.9 Å². The van der Waals surface area contributed by atoms with Crippen molar-refractivity contribution in [2.24, 2.45) is 10.2 Å². The minimum absolute atomic E-state index is 0.134. The summed E-state index contributed by atoms with van der Waals surface area (Å²) in [6, 6.07) is 15.0. The van der Waals surface area contributed by atoms with E-state index in [9.17, 15) is 4.79 Å². The molecule has 0 saturated heterocycles. The lowest BCUT2D eigenvalue weighted by atomic mass is 10.2. The molecule has 7 heteroatoms. The van der Waals surface area contributed by atoms with Crippen molar-refractivity contribution in [2.75, 3.05) is 6.61 Å². The zero-order chi connectivity index (χ0) is 17.9. The first kappa shape index (κ1) is 15.9. The number of carbonyl (C=O) groups excluding carboxylic acids is 1. The predicted octanol–water partition coefficient (Wildman–Crippen LogP) is 4.47. The summed E-state index contributed by atoms with van der Waals surface area (Å²) in [6.45, 7) is 2.01. The van der Waals surface area contributed by atoms with Crippen LogP contribution in [0.2, 0.25) is 0 Å². The Morgan fingerprint density at radius 3 is 2.88 bits per heavy atom. The van der Waals surface area contributed by atoms with Gasteiger partial charge in [0.15, 0.2) is 11.5 Å². The van der Waals surface area contributed by atoms with Crippen molar-refractivity contribution in [3.05, 3.63) is 66.6 Å². The molecule has 0 aliphatic heterocycles. The fourth-order valence-electron chi connectivity index (χ4n) is 2.68. The number of benzene rings is 1. The molecule has 0 aliphatic carbocycles. The number of hydrogen-bond acceptors (Lipinski definition) is 6. The van der Waals surface area contributed by atoms with E-state index in [1.165, 1.54) is 0 Å². The van der Waals surface area contributed by atoms with E-state index >= 15 is 0 Å². The number of para-hydroxylation sites is 1. The van der Waals surface area contributed by atoms with Crippen molar-refractivity contribution in [3.8, 4) is 0 Å². The molecule has 0 saturated carbocycles. The fourth-order valence-corrected chi connectivity index (χ4v) is 2.68. The molecule has 0 spiro atoms. The minimum atomic E-state index is -0.527. The number of esters is 1. The smallest absolute Gasteiger partial charge is 0.360 e. The average Bonchev–Trinajstić information content (AvgIpc) is 3.05. The molecule has 26 heavy (non-hydrogen) atoms. The second-order valence-electron chi connectivity index (χ2n) is 5.49. The third-order valence-electron chi connectivity index (χ3n) is 3.84. The lowest BCUT2D eigenvalue weighted by Crippen LogP contribution is -2.05. The van der Waals surface area contributed by atoms with Gasteiger partial charge in [0.25, 0.3) is 0 Å². The number of nitrogens with zero attached hydrogens (tertiary/aromatic N) is 5. The maximum atomic E-state index is 12.2. The van der Waals surface area contributed by atoms with E-state index in [1.807, 2.05) is 42.5 Å². The van der Waals surface area contributed by atoms with Crippen LogP contribution in [-0.4, -0.2) is 26.9 Å². The summed E-state index contributed by atoms with van der Waals surface area (Å²) in [5, 5.41) is 9.59. The Bertz CT molecular complexity index is 1130. The number of ether oxygens (including phenoxy) is 1. The molecule has 0 fully saturated rings. The zero-order valence-corrected chi connectivity index (χ0v) is 14.0. The largest absolute Gasteiger partial charge is 0.461 e. The van der Waals surface area contributed by atoms with Crippen LogP contribution in [0.5, 0.6) is 0 Å². The third-order valence-corrected chi connectivity index (χ3v) is 3.84. The van der Waals surface area contributed by atoms with Gasteiger partial charge in [0.1, 0.15) is 11.3 Å². The van der Waals surface area contributed by atoms with Gasteiger partial charge in [-0.05, 0) is 31.2 Å². The van der Waals surface area contributed by atoms with Gasteiger partial charge in [-0.25, -0.2) is 9.78 Å². The monoisotopic (exact) mass is 345 g/mol. The van der Waals surface area contributed by atoms with Crippen LogP contribution in [0.15, 0.2) is 71.2 Å². The Hall–Kier alpha value is -3.61. The molecular formula is C19H15N5O2. The highest BCUT2D eigenvalue weighted by Crippen LogP contribution is 2.28. The van der Waals surface area contributed by atoms with Crippen LogP contribution in [0.4, 0.5) is 11.5 Å². The van der Waals surface area contributed by atoms with E-state index in [1.54, 1.807) is 29.8 Å². The first-order chi connectivity index (χ1) is 12.8. The van der Waals surface area contributed by atoms with Crippen LogP contribution in [0.3, 0.4) is 0 Å². The van der Waals surface area contributed by atoms with Gasteiger partial charge >= 0.3 is 5.97 Å². The SMILES string of the molecule is CCOC(=O)c1nc2ccccn2c1N=Nc1cccc2cccnc12. The molecule has 3 aromatic heterocycles. The highest BCUT2D eigenvalue weighted by atomic mass is 16.5.